The van der Waals surface area contributed by atoms with Crippen molar-refractivity contribution >= 4 is 5.97 Å². The summed E-state index contributed by atoms with van der Waals surface area (Å²) in [4.78, 5) is 11.0. The monoisotopic (exact) mass is 347 g/mol. The number of hydrogen-bond donors (Lipinski definition) is 1. The molecule has 1 unspecified atom stereocenters. The molecule has 4 heteroatoms. The van der Waals surface area contributed by atoms with Crippen LogP contribution < -0.4 is 0 Å². The molecule has 140 valence electrons. The van der Waals surface area contributed by atoms with Crippen LogP contribution in [0.1, 0.15) is 114 Å². The fraction of sp³-hybridized carbons (Fsp3) is 0.810. The van der Waals surface area contributed by atoms with Crippen LogP contribution in [-0.4, -0.2) is 16.2 Å². The summed E-state index contributed by atoms with van der Waals surface area (Å²) in [6.07, 6.45) is 7.98. The Bertz CT molecular complexity index is 603. The maximum Gasteiger partial charge on any atom is 0.303 e. The summed E-state index contributed by atoms with van der Waals surface area (Å²) >= 11 is 0. The van der Waals surface area contributed by atoms with E-state index in [0.717, 1.165) is 23.8 Å². The zero-order chi connectivity index (χ0) is 18.2. The van der Waals surface area contributed by atoms with Crippen molar-refractivity contribution in [3.8, 4) is 0 Å². The predicted molar refractivity (Wildman–Crippen MR) is 97.9 cm³/mol. The lowest BCUT2D eigenvalue weighted by Crippen LogP contribution is -2.26. The lowest BCUT2D eigenvalue weighted by Gasteiger charge is -2.38. The third kappa shape index (κ3) is 4.45. The molecule has 1 N–H and O–H groups in total. The molecule has 0 amide bonds. The van der Waals surface area contributed by atoms with Gasteiger partial charge in [-0.3, -0.25) is 4.79 Å². The molecule has 0 bridgehead atoms. The average molecular weight is 347 g/mol. The molecule has 0 saturated heterocycles. The maximum absolute atomic E-state index is 11.0. The molecule has 2 aliphatic carbocycles. The molecule has 0 spiro atoms. The van der Waals surface area contributed by atoms with Gasteiger partial charge < -0.3 is 9.63 Å². The van der Waals surface area contributed by atoms with Gasteiger partial charge in [0, 0.05) is 23.8 Å². The lowest BCUT2D eigenvalue weighted by atomic mass is 9.67. The van der Waals surface area contributed by atoms with Gasteiger partial charge in [-0.2, -0.15) is 0 Å². The molecule has 3 rings (SSSR count). The molecule has 2 saturated carbocycles. The standard InChI is InChI=1S/C21H33NO3/c1-5-14(8-9-17(23)24)19-18(15-6-7-15)20(25-22-19)16-10-13(11-16)12-21(2,3)4/h13-16H,5-12H2,1-4H3,(H,23,24). The summed E-state index contributed by atoms with van der Waals surface area (Å²) in [6, 6.07) is 0. The van der Waals surface area contributed by atoms with E-state index in [2.05, 4.69) is 32.9 Å². The van der Waals surface area contributed by atoms with Crippen LogP contribution in [0.25, 0.3) is 0 Å². The van der Waals surface area contributed by atoms with E-state index >= 15 is 0 Å². The van der Waals surface area contributed by atoms with Gasteiger partial charge in [-0.05, 0) is 62.2 Å². The Morgan fingerprint density at radius 2 is 1.96 bits per heavy atom. The zero-order valence-corrected chi connectivity index (χ0v) is 16.2. The van der Waals surface area contributed by atoms with Gasteiger partial charge in [0.1, 0.15) is 5.76 Å². The minimum atomic E-state index is -0.723. The SMILES string of the molecule is CCC(CCC(=O)O)c1noc(C2CC(CC(C)(C)C)C2)c1C1CC1. The molecule has 25 heavy (non-hydrogen) atoms. The van der Waals surface area contributed by atoms with Crippen LogP contribution in [0.5, 0.6) is 0 Å². The van der Waals surface area contributed by atoms with Crippen LogP contribution in [0, 0.1) is 11.3 Å². The molecule has 1 aromatic rings. The van der Waals surface area contributed by atoms with Crippen molar-refractivity contribution in [1.29, 1.82) is 0 Å². The highest BCUT2D eigenvalue weighted by atomic mass is 16.5. The summed E-state index contributed by atoms with van der Waals surface area (Å²) in [7, 11) is 0. The van der Waals surface area contributed by atoms with E-state index in [1.165, 1.54) is 37.7 Å². The number of rotatable bonds is 8. The Kier molecular flexibility index (Phi) is 5.26. The quantitative estimate of drug-likeness (QED) is 0.641. The number of aromatic nitrogens is 1. The first-order chi connectivity index (χ1) is 11.8. The minimum absolute atomic E-state index is 0.210. The molecule has 0 radical (unpaired) electrons. The average Bonchev–Trinajstić information content (AvgIpc) is 3.22. The largest absolute Gasteiger partial charge is 0.481 e. The summed E-state index contributed by atoms with van der Waals surface area (Å²) in [5.74, 6) is 2.57. The van der Waals surface area contributed by atoms with Gasteiger partial charge in [-0.15, -0.1) is 0 Å². The van der Waals surface area contributed by atoms with E-state index in [1.54, 1.807) is 0 Å². The first-order valence-electron chi connectivity index (χ1n) is 9.99. The van der Waals surface area contributed by atoms with Gasteiger partial charge in [-0.25, -0.2) is 0 Å². The smallest absolute Gasteiger partial charge is 0.303 e. The third-order valence-electron chi connectivity index (χ3n) is 5.86. The summed E-state index contributed by atoms with van der Waals surface area (Å²) in [6.45, 7) is 9.07. The third-order valence-corrected chi connectivity index (χ3v) is 5.86. The Morgan fingerprint density at radius 3 is 2.48 bits per heavy atom. The van der Waals surface area contributed by atoms with Crippen molar-refractivity contribution in [1.82, 2.24) is 5.16 Å². The van der Waals surface area contributed by atoms with E-state index in [-0.39, 0.29) is 12.3 Å². The van der Waals surface area contributed by atoms with Crippen LogP contribution in [-0.2, 0) is 4.79 Å². The van der Waals surface area contributed by atoms with Crippen molar-refractivity contribution in [2.24, 2.45) is 11.3 Å². The van der Waals surface area contributed by atoms with Crippen LogP contribution in [0.15, 0.2) is 4.52 Å². The molecule has 1 atom stereocenters. The molecule has 1 heterocycles. The Balaban J connectivity index is 1.72. The number of carboxylic acids is 1. The van der Waals surface area contributed by atoms with E-state index < -0.39 is 5.97 Å². The zero-order valence-electron chi connectivity index (χ0n) is 16.2. The lowest BCUT2D eigenvalue weighted by molar-refractivity contribution is -0.137. The molecule has 0 aliphatic heterocycles. The van der Waals surface area contributed by atoms with Crippen molar-refractivity contribution in [3.05, 3.63) is 17.0 Å². The number of hydrogen-bond acceptors (Lipinski definition) is 3. The normalized spacial score (nSPS) is 24.8. The van der Waals surface area contributed by atoms with E-state index in [9.17, 15) is 4.79 Å². The van der Waals surface area contributed by atoms with Gasteiger partial charge in [0.15, 0.2) is 0 Å². The van der Waals surface area contributed by atoms with Crippen molar-refractivity contribution in [3.63, 3.8) is 0 Å². The molecular formula is C21H33NO3. The number of aliphatic carboxylic acids is 1. The van der Waals surface area contributed by atoms with Crippen LogP contribution in [0.4, 0.5) is 0 Å². The molecule has 0 aromatic carbocycles. The van der Waals surface area contributed by atoms with Crippen molar-refractivity contribution < 1.29 is 14.4 Å². The number of carbonyl (C=O) groups is 1. The van der Waals surface area contributed by atoms with Gasteiger partial charge in [0.05, 0.1) is 5.69 Å². The van der Waals surface area contributed by atoms with Gasteiger partial charge >= 0.3 is 5.97 Å². The molecule has 1 aromatic heterocycles. The maximum atomic E-state index is 11.0. The second-order valence-electron chi connectivity index (χ2n) is 9.46. The van der Waals surface area contributed by atoms with Gasteiger partial charge in [0.2, 0.25) is 0 Å². The predicted octanol–water partition coefficient (Wildman–Crippen LogP) is 5.84. The highest BCUT2D eigenvalue weighted by molar-refractivity contribution is 5.66. The van der Waals surface area contributed by atoms with Gasteiger partial charge in [0.25, 0.3) is 0 Å². The topological polar surface area (TPSA) is 63.3 Å². The minimum Gasteiger partial charge on any atom is -0.481 e. The van der Waals surface area contributed by atoms with Gasteiger partial charge in [-0.1, -0.05) is 32.9 Å². The van der Waals surface area contributed by atoms with E-state index in [0.29, 0.717) is 23.7 Å². The van der Waals surface area contributed by atoms with E-state index in [4.69, 9.17) is 9.63 Å². The second-order valence-corrected chi connectivity index (χ2v) is 9.46. The summed E-state index contributed by atoms with van der Waals surface area (Å²) in [5, 5.41) is 13.5. The van der Waals surface area contributed by atoms with Crippen LogP contribution in [0.3, 0.4) is 0 Å². The number of carboxylic acid groups (broad SMARTS) is 1. The Hall–Kier alpha value is -1.32. The first-order valence-corrected chi connectivity index (χ1v) is 9.99. The Morgan fingerprint density at radius 1 is 1.28 bits per heavy atom. The highest BCUT2D eigenvalue weighted by Crippen LogP contribution is 2.53. The summed E-state index contributed by atoms with van der Waals surface area (Å²) in [5.41, 5.74) is 2.82. The van der Waals surface area contributed by atoms with E-state index in [1.807, 2.05) is 0 Å². The molecule has 2 aliphatic rings. The van der Waals surface area contributed by atoms with Crippen LogP contribution >= 0.6 is 0 Å². The second kappa shape index (κ2) is 7.13. The highest BCUT2D eigenvalue weighted by Gasteiger charge is 2.41. The Labute approximate surface area is 151 Å². The van der Waals surface area contributed by atoms with Crippen LogP contribution in [0.2, 0.25) is 0 Å². The molecule has 2 fully saturated rings. The summed E-state index contributed by atoms with van der Waals surface area (Å²) < 4.78 is 5.87. The fourth-order valence-electron chi connectivity index (χ4n) is 4.51. The first kappa shape index (κ1) is 18.5. The fourth-order valence-corrected chi connectivity index (χ4v) is 4.51. The molecular weight excluding hydrogens is 314 g/mol. The van der Waals surface area contributed by atoms with Crippen molar-refractivity contribution in [2.75, 3.05) is 0 Å². The molecule has 4 nitrogen and oxygen atoms in total. The van der Waals surface area contributed by atoms with Crippen molar-refractivity contribution in [2.45, 2.75) is 96.8 Å². The number of nitrogens with zero attached hydrogens (tertiary/aromatic N) is 1.